The number of amides is 2. The number of rotatable bonds is 4. The van der Waals surface area contributed by atoms with Gasteiger partial charge < -0.3 is 10.6 Å². The van der Waals surface area contributed by atoms with E-state index >= 15 is 0 Å². The van der Waals surface area contributed by atoms with Gasteiger partial charge in [-0.15, -0.1) is 11.3 Å². The summed E-state index contributed by atoms with van der Waals surface area (Å²) < 4.78 is 0. The molecule has 0 saturated heterocycles. The molecule has 1 aliphatic rings. The summed E-state index contributed by atoms with van der Waals surface area (Å²) in [5, 5.41) is 5.51. The molecule has 128 valence electrons. The lowest BCUT2D eigenvalue weighted by Gasteiger charge is -2.33. The van der Waals surface area contributed by atoms with Gasteiger partial charge in [-0.3, -0.25) is 9.59 Å². The van der Waals surface area contributed by atoms with E-state index in [1.165, 1.54) is 16.9 Å². The Labute approximate surface area is 143 Å². The predicted molar refractivity (Wildman–Crippen MR) is 94.9 cm³/mol. The van der Waals surface area contributed by atoms with Crippen molar-refractivity contribution in [2.45, 2.75) is 59.9 Å². The minimum atomic E-state index is -0.510. The molecule has 2 atom stereocenters. The molecule has 2 amide bonds. The summed E-state index contributed by atoms with van der Waals surface area (Å²) in [6.45, 7) is 11.0. The summed E-state index contributed by atoms with van der Waals surface area (Å²) in [4.78, 5) is 26.2. The Bertz CT molecular complexity index is 586. The first-order valence-corrected chi connectivity index (χ1v) is 9.24. The number of hydrogen-bond donors (Lipinski definition) is 2. The van der Waals surface area contributed by atoms with E-state index in [4.69, 9.17) is 0 Å². The van der Waals surface area contributed by atoms with Gasteiger partial charge in [0.05, 0.1) is 4.88 Å². The van der Waals surface area contributed by atoms with Gasteiger partial charge in [-0.1, -0.05) is 20.8 Å². The molecular weight excluding hydrogens is 308 g/mol. The highest BCUT2D eigenvalue weighted by Gasteiger charge is 2.30. The van der Waals surface area contributed by atoms with Crippen LogP contribution in [0.4, 0.5) is 0 Å². The Balaban J connectivity index is 2.05. The van der Waals surface area contributed by atoms with Crippen molar-refractivity contribution in [1.29, 1.82) is 0 Å². The van der Waals surface area contributed by atoms with Crippen LogP contribution < -0.4 is 10.6 Å². The average molecular weight is 337 g/mol. The number of likely N-dealkylation sites (N-methyl/N-ethyl adjacent to an activating group) is 1. The molecule has 0 bridgehead atoms. The van der Waals surface area contributed by atoms with Gasteiger partial charge in [-0.05, 0) is 56.1 Å². The minimum Gasteiger partial charge on any atom is -0.355 e. The third-order valence-electron chi connectivity index (χ3n) is 4.62. The zero-order chi connectivity index (χ0) is 17.2. The summed E-state index contributed by atoms with van der Waals surface area (Å²) in [5.41, 5.74) is 1.62. The third-order valence-corrected chi connectivity index (χ3v) is 5.86. The van der Waals surface area contributed by atoms with Gasteiger partial charge >= 0.3 is 0 Å². The molecule has 4 nitrogen and oxygen atoms in total. The first-order valence-electron chi connectivity index (χ1n) is 8.42. The SMILES string of the molecule is CCNC(=O)[C@@H](C)NC(=O)c1cc2c(s1)CC[C@H](C(C)(C)C)C2. The summed E-state index contributed by atoms with van der Waals surface area (Å²) >= 11 is 1.58. The molecule has 1 aromatic heterocycles. The number of nitrogens with one attached hydrogen (secondary N) is 2. The van der Waals surface area contributed by atoms with Gasteiger partial charge in [0.15, 0.2) is 0 Å². The van der Waals surface area contributed by atoms with Crippen LogP contribution in [0.5, 0.6) is 0 Å². The third kappa shape index (κ3) is 4.34. The Hall–Kier alpha value is -1.36. The van der Waals surface area contributed by atoms with Gasteiger partial charge in [0.25, 0.3) is 5.91 Å². The maximum Gasteiger partial charge on any atom is 0.262 e. The normalized spacial score (nSPS) is 18.9. The van der Waals surface area contributed by atoms with Crippen LogP contribution in [0.15, 0.2) is 6.07 Å². The molecule has 1 aromatic rings. The van der Waals surface area contributed by atoms with Crippen molar-refractivity contribution in [2.24, 2.45) is 11.3 Å². The maximum absolute atomic E-state index is 12.4. The minimum absolute atomic E-state index is 0.143. The van der Waals surface area contributed by atoms with E-state index in [2.05, 4.69) is 31.4 Å². The van der Waals surface area contributed by atoms with Crippen LogP contribution in [0.3, 0.4) is 0 Å². The van der Waals surface area contributed by atoms with E-state index in [9.17, 15) is 9.59 Å². The quantitative estimate of drug-likeness (QED) is 0.887. The number of aryl methyl sites for hydroxylation is 1. The van der Waals surface area contributed by atoms with Crippen LogP contribution in [0.2, 0.25) is 0 Å². The summed E-state index contributed by atoms with van der Waals surface area (Å²) in [6, 6.07) is 1.52. The van der Waals surface area contributed by atoms with Crippen LogP contribution in [0.25, 0.3) is 0 Å². The molecule has 0 unspecified atom stereocenters. The van der Waals surface area contributed by atoms with E-state index in [0.29, 0.717) is 17.9 Å². The second-order valence-corrected chi connectivity index (χ2v) is 8.59. The van der Waals surface area contributed by atoms with Crippen LogP contribution in [0, 0.1) is 11.3 Å². The fraction of sp³-hybridized carbons (Fsp3) is 0.667. The number of carbonyl (C=O) groups excluding carboxylic acids is 2. The average Bonchev–Trinajstić information content (AvgIpc) is 2.89. The van der Waals surface area contributed by atoms with Crippen molar-refractivity contribution in [2.75, 3.05) is 6.54 Å². The van der Waals surface area contributed by atoms with E-state index in [1.54, 1.807) is 18.3 Å². The highest BCUT2D eigenvalue weighted by molar-refractivity contribution is 7.14. The molecule has 2 rings (SSSR count). The molecule has 1 aliphatic carbocycles. The van der Waals surface area contributed by atoms with Gasteiger partial charge in [-0.25, -0.2) is 0 Å². The monoisotopic (exact) mass is 336 g/mol. The van der Waals surface area contributed by atoms with E-state index in [0.717, 1.165) is 17.7 Å². The van der Waals surface area contributed by atoms with Crippen LogP contribution in [-0.2, 0) is 17.6 Å². The van der Waals surface area contributed by atoms with Gasteiger partial charge in [0.2, 0.25) is 5.91 Å². The fourth-order valence-corrected chi connectivity index (χ4v) is 4.15. The molecule has 23 heavy (non-hydrogen) atoms. The first kappa shape index (κ1) is 18.0. The van der Waals surface area contributed by atoms with Crippen molar-refractivity contribution in [1.82, 2.24) is 10.6 Å². The Morgan fingerprint density at radius 3 is 2.70 bits per heavy atom. The lowest BCUT2D eigenvalue weighted by molar-refractivity contribution is -0.122. The van der Waals surface area contributed by atoms with Crippen molar-refractivity contribution < 1.29 is 9.59 Å². The van der Waals surface area contributed by atoms with Crippen molar-refractivity contribution in [3.8, 4) is 0 Å². The summed E-state index contributed by atoms with van der Waals surface area (Å²) in [6.07, 6.45) is 3.29. The Kier molecular flexibility index (Phi) is 5.50. The highest BCUT2D eigenvalue weighted by atomic mass is 32.1. The molecule has 0 aromatic carbocycles. The van der Waals surface area contributed by atoms with Crippen molar-refractivity contribution in [3.63, 3.8) is 0 Å². The van der Waals surface area contributed by atoms with Crippen molar-refractivity contribution in [3.05, 3.63) is 21.4 Å². The zero-order valence-corrected chi connectivity index (χ0v) is 15.6. The smallest absolute Gasteiger partial charge is 0.262 e. The Morgan fingerprint density at radius 2 is 2.09 bits per heavy atom. The topological polar surface area (TPSA) is 58.2 Å². The van der Waals surface area contributed by atoms with Crippen LogP contribution in [0.1, 0.15) is 61.2 Å². The van der Waals surface area contributed by atoms with E-state index < -0.39 is 6.04 Å². The van der Waals surface area contributed by atoms with Gasteiger partial charge in [-0.2, -0.15) is 0 Å². The molecule has 2 N–H and O–H groups in total. The summed E-state index contributed by atoms with van der Waals surface area (Å²) in [7, 11) is 0. The second-order valence-electron chi connectivity index (χ2n) is 7.45. The molecule has 1 heterocycles. The van der Waals surface area contributed by atoms with Gasteiger partial charge in [0.1, 0.15) is 6.04 Å². The number of fused-ring (bicyclic) bond motifs is 1. The standard InChI is InChI=1S/C18H28N2O2S/c1-6-19-16(21)11(2)20-17(22)15-10-12-9-13(18(3,4)5)7-8-14(12)23-15/h10-11,13H,6-9H2,1-5H3,(H,19,21)(H,20,22)/t11-,13+/m1/s1. The molecule has 0 radical (unpaired) electrons. The molecule has 5 heteroatoms. The van der Waals surface area contributed by atoms with Crippen LogP contribution in [-0.4, -0.2) is 24.4 Å². The molecular formula is C18H28N2O2S. The molecule has 0 saturated carbocycles. The maximum atomic E-state index is 12.4. The summed E-state index contributed by atoms with van der Waals surface area (Å²) in [5.74, 6) is 0.375. The predicted octanol–water partition coefficient (Wildman–Crippen LogP) is 3.15. The first-order chi connectivity index (χ1) is 10.7. The van der Waals surface area contributed by atoms with E-state index in [1.807, 2.05) is 13.0 Å². The number of thiophene rings is 1. The molecule has 0 fully saturated rings. The molecule has 0 spiro atoms. The fourth-order valence-electron chi connectivity index (χ4n) is 3.04. The lowest BCUT2D eigenvalue weighted by Crippen LogP contribution is -2.44. The molecule has 0 aliphatic heterocycles. The zero-order valence-electron chi connectivity index (χ0n) is 14.8. The number of hydrogen-bond acceptors (Lipinski definition) is 3. The number of carbonyl (C=O) groups is 2. The van der Waals surface area contributed by atoms with Crippen LogP contribution >= 0.6 is 11.3 Å². The van der Waals surface area contributed by atoms with E-state index in [-0.39, 0.29) is 11.8 Å². The largest absolute Gasteiger partial charge is 0.355 e. The highest BCUT2D eigenvalue weighted by Crippen LogP contribution is 2.40. The van der Waals surface area contributed by atoms with Crippen molar-refractivity contribution >= 4 is 23.2 Å². The lowest BCUT2D eigenvalue weighted by atomic mass is 9.72. The second kappa shape index (κ2) is 7.04. The Morgan fingerprint density at radius 1 is 1.39 bits per heavy atom. The van der Waals surface area contributed by atoms with Gasteiger partial charge in [0, 0.05) is 11.4 Å².